The van der Waals surface area contributed by atoms with E-state index in [0.29, 0.717) is 12.5 Å². The van der Waals surface area contributed by atoms with E-state index in [-0.39, 0.29) is 17.5 Å². The van der Waals surface area contributed by atoms with E-state index < -0.39 is 0 Å². The Hall–Kier alpha value is -2.22. The molecule has 3 aromatic rings. The van der Waals surface area contributed by atoms with Crippen molar-refractivity contribution >= 4 is 32.8 Å². The first-order valence-electron chi connectivity index (χ1n) is 13.8. The summed E-state index contributed by atoms with van der Waals surface area (Å²) in [5, 5.41) is 1.22. The molecule has 3 heterocycles. The first-order valence-corrected chi connectivity index (χ1v) is 14.6. The van der Waals surface area contributed by atoms with Crippen LogP contribution >= 0.6 is 15.9 Å². The Morgan fingerprint density at radius 3 is 2.61 bits per heavy atom. The van der Waals surface area contributed by atoms with E-state index in [1.54, 1.807) is 7.11 Å². The Balaban J connectivity index is 1.67. The molecule has 6 nitrogen and oxygen atoms in total. The van der Waals surface area contributed by atoms with E-state index in [9.17, 15) is 4.79 Å². The molecule has 1 aliphatic carbocycles. The van der Waals surface area contributed by atoms with Crippen molar-refractivity contribution in [2.24, 2.45) is 5.41 Å². The van der Waals surface area contributed by atoms with Crippen LogP contribution < -0.4 is 0 Å². The van der Waals surface area contributed by atoms with Gasteiger partial charge in [-0.05, 0) is 68.5 Å². The minimum absolute atomic E-state index is 0.139. The van der Waals surface area contributed by atoms with Crippen molar-refractivity contribution in [1.29, 1.82) is 0 Å². The molecule has 1 saturated heterocycles. The zero-order valence-electron chi connectivity index (χ0n) is 23.5. The molecule has 5 rings (SSSR count). The number of methoxy groups -OCH3 is 1. The molecule has 1 saturated carbocycles. The maximum absolute atomic E-state index is 11.6. The molecule has 0 spiro atoms. The number of pyridine rings is 1. The molecule has 1 aliphatic heterocycles. The Bertz CT molecular complexity index is 1340. The van der Waals surface area contributed by atoms with Crippen molar-refractivity contribution in [1.82, 2.24) is 14.5 Å². The van der Waals surface area contributed by atoms with Crippen molar-refractivity contribution in [3.63, 3.8) is 0 Å². The number of fused-ring (bicyclic) bond motifs is 1. The molecule has 2 aromatic heterocycles. The molecule has 2 fully saturated rings. The number of nitrogens with zero attached hydrogens (tertiary/aromatic N) is 3. The summed E-state index contributed by atoms with van der Waals surface area (Å²) >= 11 is 3.71. The third kappa shape index (κ3) is 5.43. The van der Waals surface area contributed by atoms with Crippen LogP contribution in [0.15, 0.2) is 34.9 Å². The van der Waals surface area contributed by atoms with Crippen LogP contribution in [0.25, 0.3) is 22.2 Å². The SMILES string of the molecule is CCn1c(-c2cc(C3CN(C4CC4)C3)cnc2[C@H](C)OC)c(CC(C)(C)COC(C)=O)c2cc(Br)ccc21. The van der Waals surface area contributed by atoms with Crippen LogP contribution in [0.2, 0.25) is 0 Å². The number of halogens is 1. The van der Waals surface area contributed by atoms with Crippen LogP contribution in [0.5, 0.6) is 0 Å². The first-order chi connectivity index (χ1) is 18.1. The van der Waals surface area contributed by atoms with Gasteiger partial charge in [-0.25, -0.2) is 0 Å². The highest BCUT2D eigenvalue weighted by atomic mass is 79.9. The fourth-order valence-electron chi connectivity index (χ4n) is 5.84. The topological polar surface area (TPSA) is 56.6 Å². The highest BCUT2D eigenvalue weighted by Crippen LogP contribution is 2.43. The summed E-state index contributed by atoms with van der Waals surface area (Å²) in [5.41, 5.74) is 6.84. The van der Waals surface area contributed by atoms with Crippen LogP contribution in [0.4, 0.5) is 0 Å². The lowest BCUT2D eigenvalue weighted by Crippen LogP contribution is -2.46. The second-order valence-electron chi connectivity index (χ2n) is 11.8. The monoisotopic (exact) mass is 581 g/mol. The third-order valence-electron chi connectivity index (χ3n) is 8.15. The average molecular weight is 583 g/mol. The molecule has 7 heteroatoms. The molecule has 0 bridgehead atoms. The zero-order valence-corrected chi connectivity index (χ0v) is 25.1. The van der Waals surface area contributed by atoms with Crippen molar-refractivity contribution in [2.45, 2.75) is 78.5 Å². The van der Waals surface area contributed by atoms with Gasteiger partial charge in [0.1, 0.15) is 0 Å². The number of rotatable bonds is 10. The Morgan fingerprint density at radius 2 is 1.97 bits per heavy atom. The fraction of sp³-hybridized carbons (Fsp3) is 0.548. The molecule has 38 heavy (non-hydrogen) atoms. The van der Waals surface area contributed by atoms with Crippen LogP contribution in [0.3, 0.4) is 0 Å². The Morgan fingerprint density at radius 1 is 1.24 bits per heavy atom. The van der Waals surface area contributed by atoms with Gasteiger partial charge in [-0.15, -0.1) is 0 Å². The lowest BCUT2D eigenvalue weighted by Gasteiger charge is -2.40. The second kappa shape index (κ2) is 10.7. The molecule has 1 aromatic carbocycles. The van der Waals surface area contributed by atoms with Gasteiger partial charge in [-0.1, -0.05) is 29.8 Å². The summed E-state index contributed by atoms with van der Waals surface area (Å²) in [5.74, 6) is 0.275. The van der Waals surface area contributed by atoms with Crippen molar-refractivity contribution in [3.8, 4) is 11.3 Å². The van der Waals surface area contributed by atoms with Gasteiger partial charge in [0.15, 0.2) is 0 Å². The first kappa shape index (κ1) is 27.4. The zero-order chi connectivity index (χ0) is 27.2. The second-order valence-corrected chi connectivity index (χ2v) is 12.7. The quantitative estimate of drug-likeness (QED) is 0.244. The number of hydrogen-bond donors (Lipinski definition) is 0. The molecule has 1 atom stereocenters. The van der Waals surface area contributed by atoms with Crippen LogP contribution in [-0.4, -0.2) is 53.3 Å². The molecule has 0 unspecified atom stereocenters. The van der Waals surface area contributed by atoms with Gasteiger partial charge in [0.25, 0.3) is 0 Å². The summed E-state index contributed by atoms with van der Waals surface area (Å²) in [6.07, 6.45) is 5.39. The molecular formula is C31H40BrN3O3. The molecule has 0 amide bonds. The minimum Gasteiger partial charge on any atom is -0.465 e. The molecular weight excluding hydrogens is 542 g/mol. The summed E-state index contributed by atoms with van der Waals surface area (Å²) < 4.78 is 14.8. The standard InChI is InChI=1S/C31H40BrN3O3/c1-7-35-28-11-8-23(32)13-25(28)27(14-31(4,5)18-38-20(3)36)30(35)26-12-21(15-33-29(26)19(2)37-6)22-16-34(17-22)24-9-10-24/h8,11-13,15,19,22,24H,7,9-10,14,16-18H2,1-6H3/t19-/m0/s1. The van der Waals surface area contributed by atoms with Crippen LogP contribution in [0.1, 0.15) is 76.3 Å². The maximum Gasteiger partial charge on any atom is 0.302 e. The summed E-state index contributed by atoms with van der Waals surface area (Å²) in [7, 11) is 1.75. The van der Waals surface area contributed by atoms with Gasteiger partial charge in [0.2, 0.25) is 0 Å². The average Bonchev–Trinajstić information content (AvgIpc) is 3.64. The third-order valence-corrected chi connectivity index (χ3v) is 8.64. The number of esters is 1. The van der Waals surface area contributed by atoms with Gasteiger partial charge in [0.05, 0.1) is 24.1 Å². The summed E-state index contributed by atoms with van der Waals surface area (Å²) in [6, 6.07) is 9.72. The van der Waals surface area contributed by atoms with Gasteiger partial charge in [-0.2, -0.15) is 0 Å². The van der Waals surface area contributed by atoms with Gasteiger partial charge >= 0.3 is 5.97 Å². The number of benzene rings is 1. The number of carbonyl (C=O) groups is 1. The molecule has 2 aliphatic rings. The van der Waals surface area contributed by atoms with E-state index >= 15 is 0 Å². The van der Waals surface area contributed by atoms with Crippen LogP contribution in [-0.2, 0) is 27.2 Å². The number of carbonyl (C=O) groups excluding carboxylic acids is 1. The van der Waals surface area contributed by atoms with E-state index in [2.05, 4.69) is 83.6 Å². The largest absolute Gasteiger partial charge is 0.465 e. The van der Waals surface area contributed by atoms with E-state index in [0.717, 1.165) is 47.8 Å². The number of aryl methyl sites for hydroxylation is 1. The van der Waals surface area contributed by atoms with Crippen LogP contribution in [0, 0.1) is 5.41 Å². The van der Waals surface area contributed by atoms with Crippen molar-refractivity contribution in [2.75, 3.05) is 26.8 Å². The highest BCUT2D eigenvalue weighted by Gasteiger charge is 2.39. The predicted octanol–water partition coefficient (Wildman–Crippen LogP) is 6.89. The number of likely N-dealkylation sites (tertiary alicyclic amines) is 1. The summed E-state index contributed by atoms with van der Waals surface area (Å²) in [6.45, 7) is 13.5. The van der Waals surface area contributed by atoms with E-state index in [1.807, 2.05) is 0 Å². The Labute approximate surface area is 234 Å². The molecule has 204 valence electrons. The fourth-order valence-corrected chi connectivity index (χ4v) is 6.20. The number of aromatic nitrogens is 2. The van der Waals surface area contributed by atoms with Gasteiger partial charge in [-0.3, -0.25) is 14.7 Å². The lowest BCUT2D eigenvalue weighted by molar-refractivity contribution is -0.143. The molecule has 0 radical (unpaired) electrons. The normalized spacial score (nSPS) is 17.6. The van der Waals surface area contributed by atoms with Crippen molar-refractivity contribution in [3.05, 3.63) is 51.8 Å². The van der Waals surface area contributed by atoms with Crippen molar-refractivity contribution < 1.29 is 14.3 Å². The minimum atomic E-state index is -0.245. The Kier molecular flexibility index (Phi) is 7.73. The lowest BCUT2D eigenvalue weighted by atomic mass is 9.83. The highest BCUT2D eigenvalue weighted by molar-refractivity contribution is 9.10. The smallest absolute Gasteiger partial charge is 0.302 e. The van der Waals surface area contributed by atoms with Gasteiger partial charge < -0.3 is 14.0 Å². The molecule has 0 N–H and O–H groups in total. The summed E-state index contributed by atoms with van der Waals surface area (Å²) in [4.78, 5) is 19.3. The predicted molar refractivity (Wildman–Crippen MR) is 155 cm³/mol. The maximum atomic E-state index is 11.6. The van der Waals surface area contributed by atoms with E-state index in [4.69, 9.17) is 14.5 Å². The number of hydrogen-bond acceptors (Lipinski definition) is 5. The number of ether oxygens (including phenoxy) is 2. The van der Waals surface area contributed by atoms with E-state index in [1.165, 1.54) is 47.5 Å². The van der Waals surface area contributed by atoms with Gasteiger partial charge in [0, 0.05) is 78.2 Å².